The summed E-state index contributed by atoms with van der Waals surface area (Å²) in [6, 6.07) is 12.5. The fourth-order valence-corrected chi connectivity index (χ4v) is 2.24. The van der Waals surface area contributed by atoms with Crippen LogP contribution in [0.1, 0.15) is 22.8 Å². The molecule has 0 unspecified atom stereocenters. The van der Waals surface area contributed by atoms with E-state index in [9.17, 15) is 4.79 Å². The molecule has 0 aliphatic carbocycles. The molecule has 0 atom stereocenters. The number of rotatable bonds is 4. The van der Waals surface area contributed by atoms with E-state index in [4.69, 9.17) is 16.3 Å². The van der Waals surface area contributed by atoms with Crippen molar-refractivity contribution in [2.24, 2.45) is 5.10 Å². The van der Waals surface area contributed by atoms with E-state index >= 15 is 0 Å². The number of hydrogen-bond donors (Lipinski definition) is 1. The Balaban J connectivity index is 2.17. The summed E-state index contributed by atoms with van der Waals surface area (Å²) in [6.07, 6.45) is 0. The number of methoxy groups -OCH3 is 1. The Morgan fingerprint density at radius 2 is 1.91 bits per heavy atom. The zero-order valence-corrected chi connectivity index (χ0v) is 14.4. The van der Waals surface area contributed by atoms with E-state index < -0.39 is 0 Å². The quantitative estimate of drug-likeness (QED) is 0.635. The lowest BCUT2D eigenvalue weighted by atomic mass is 10.1. The second-order valence-corrected chi connectivity index (χ2v) is 5.84. The first-order valence-corrected chi connectivity index (χ1v) is 7.62. The zero-order valence-electron chi connectivity index (χ0n) is 12.1. The Bertz CT molecular complexity index is 715. The smallest absolute Gasteiger partial charge is 0.275 e. The van der Waals surface area contributed by atoms with Crippen LogP contribution in [-0.4, -0.2) is 18.7 Å². The molecule has 2 aromatic rings. The van der Waals surface area contributed by atoms with Crippen LogP contribution < -0.4 is 10.2 Å². The van der Waals surface area contributed by atoms with Crippen molar-refractivity contribution in [2.45, 2.75) is 6.92 Å². The van der Waals surface area contributed by atoms with Gasteiger partial charge in [0.2, 0.25) is 0 Å². The van der Waals surface area contributed by atoms with Gasteiger partial charge in [0.25, 0.3) is 5.91 Å². The van der Waals surface area contributed by atoms with Gasteiger partial charge in [0.05, 0.1) is 18.4 Å². The van der Waals surface area contributed by atoms with Crippen LogP contribution in [0.5, 0.6) is 5.75 Å². The average Bonchev–Trinajstić information content (AvgIpc) is 2.53. The zero-order chi connectivity index (χ0) is 16.1. The second kappa shape index (κ2) is 7.42. The molecule has 2 rings (SSSR count). The summed E-state index contributed by atoms with van der Waals surface area (Å²) in [6.45, 7) is 1.82. The fourth-order valence-electron chi connectivity index (χ4n) is 1.81. The standard InChI is InChI=1S/C16H14BrClN2O2/c1-10(11-3-5-12(17)6-4-11)19-20-16(21)14-9-13(18)7-8-15(14)22-2/h3-9H,1-2H3,(H,20,21). The van der Waals surface area contributed by atoms with Gasteiger partial charge in [0, 0.05) is 9.50 Å². The highest BCUT2D eigenvalue weighted by Crippen LogP contribution is 2.22. The van der Waals surface area contributed by atoms with E-state index in [0.29, 0.717) is 22.0 Å². The lowest BCUT2D eigenvalue weighted by Gasteiger charge is -2.08. The van der Waals surface area contributed by atoms with E-state index in [1.807, 2.05) is 31.2 Å². The molecule has 0 aliphatic heterocycles. The van der Waals surface area contributed by atoms with Crippen LogP contribution in [0.2, 0.25) is 5.02 Å². The Morgan fingerprint density at radius 3 is 2.55 bits per heavy atom. The number of nitrogens with zero attached hydrogens (tertiary/aromatic N) is 1. The molecular weight excluding hydrogens is 368 g/mol. The molecule has 22 heavy (non-hydrogen) atoms. The minimum atomic E-state index is -0.379. The number of carbonyl (C=O) groups is 1. The highest BCUT2D eigenvalue weighted by molar-refractivity contribution is 9.10. The molecule has 1 N–H and O–H groups in total. The van der Waals surface area contributed by atoms with Crippen LogP contribution >= 0.6 is 27.5 Å². The highest BCUT2D eigenvalue weighted by atomic mass is 79.9. The summed E-state index contributed by atoms with van der Waals surface area (Å²) in [7, 11) is 1.50. The maximum absolute atomic E-state index is 12.2. The summed E-state index contributed by atoms with van der Waals surface area (Å²) < 4.78 is 6.14. The Hall–Kier alpha value is -1.85. The van der Waals surface area contributed by atoms with Crippen molar-refractivity contribution in [1.29, 1.82) is 0 Å². The predicted octanol–water partition coefficient (Wildman–Crippen LogP) is 4.27. The van der Waals surface area contributed by atoms with Crippen molar-refractivity contribution in [3.05, 3.63) is 63.1 Å². The average molecular weight is 382 g/mol. The van der Waals surface area contributed by atoms with Gasteiger partial charge in [0.1, 0.15) is 5.75 Å². The second-order valence-electron chi connectivity index (χ2n) is 4.49. The number of nitrogens with one attached hydrogen (secondary N) is 1. The van der Waals surface area contributed by atoms with Gasteiger partial charge < -0.3 is 4.74 Å². The number of halogens is 2. The molecule has 6 heteroatoms. The summed E-state index contributed by atoms with van der Waals surface area (Å²) in [5, 5.41) is 4.57. The van der Waals surface area contributed by atoms with Crippen molar-refractivity contribution in [2.75, 3.05) is 7.11 Å². The monoisotopic (exact) mass is 380 g/mol. The predicted molar refractivity (Wildman–Crippen MR) is 91.8 cm³/mol. The molecule has 0 aromatic heterocycles. The largest absolute Gasteiger partial charge is 0.496 e. The molecule has 2 aromatic carbocycles. The fraction of sp³-hybridized carbons (Fsp3) is 0.125. The van der Waals surface area contributed by atoms with Crippen molar-refractivity contribution in [1.82, 2.24) is 5.43 Å². The molecule has 0 radical (unpaired) electrons. The van der Waals surface area contributed by atoms with Crippen LogP contribution in [0.15, 0.2) is 52.0 Å². The minimum absolute atomic E-state index is 0.336. The summed E-state index contributed by atoms with van der Waals surface area (Å²) in [5.74, 6) is 0.0641. The highest BCUT2D eigenvalue weighted by Gasteiger charge is 2.12. The van der Waals surface area contributed by atoms with Gasteiger partial charge in [-0.3, -0.25) is 4.79 Å². The van der Waals surface area contributed by atoms with Crippen LogP contribution in [0, 0.1) is 0 Å². The number of hydrogen-bond acceptors (Lipinski definition) is 3. The molecule has 114 valence electrons. The number of hydrazone groups is 1. The lowest BCUT2D eigenvalue weighted by molar-refractivity contribution is 0.0952. The van der Waals surface area contributed by atoms with Gasteiger partial charge in [-0.2, -0.15) is 5.10 Å². The van der Waals surface area contributed by atoms with Crippen LogP contribution in [-0.2, 0) is 0 Å². The topological polar surface area (TPSA) is 50.7 Å². The first kappa shape index (κ1) is 16.5. The minimum Gasteiger partial charge on any atom is -0.496 e. The van der Waals surface area contributed by atoms with Gasteiger partial charge in [-0.25, -0.2) is 5.43 Å². The van der Waals surface area contributed by atoms with E-state index in [1.54, 1.807) is 18.2 Å². The molecule has 0 saturated carbocycles. The normalized spacial score (nSPS) is 11.2. The Kier molecular flexibility index (Phi) is 5.57. The number of ether oxygens (including phenoxy) is 1. The SMILES string of the molecule is COc1ccc(Cl)cc1C(=O)NN=C(C)c1ccc(Br)cc1. The Labute approximate surface area is 142 Å². The molecular formula is C16H14BrClN2O2. The van der Waals surface area contributed by atoms with E-state index in [0.717, 1.165) is 10.0 Å². The molecule has 0 heterocycles. The number of carbonyl (C=O) groups excluding carboxylic acids is 1. The first-order valence-electron chi connectivity index (χ1n) is 6.45. The summed E-state index contributed by atoms with van der Waals surface area (Å²) >= 11 is 9.29. The van der Waals surface area contributed by atoms with Gasteiger partial charge in [0.15, 0.2) is 0 Å². The molecule has 0 fully saturated rings. The van der Waals surface area contributed by atoms with E-state index in [1.165, 1.54) is 7.11 Å². The maximum atomic E-state index is 12.2. The van der Waals surface area contributed by atoms with Crippen LogP contribution in [0.25, 0.3) is 0 Å². The molecule has 0 spiro atoms. The van der Waals surface area contributed by atoms with E-state index in [2.05, 4.69) is 26.5 Å². The number of amides is 1. The van der Waals surface area contributed by atoms with E-state index in [-0.39, 0.29) is 5.91 Å². The van der Waals surface area contributed by atoms with Gasteiger partial charge in [-0.1, -0.05) is 39.7 Å². The van der Waals surface area contributed by atoms with Gasteiger partial charge >= 0.3 is 0 Å². The van der Waals surface area contributed by atoms with Crippen molar-refractivity contribution in [3.63, 3.8) is 0 Å². The van der Waals surface area contributed by atoms with Crippen LogP contribution in [0.3, 0.4) is 0 Å². The van der Waals surface area contributed by atoms with Gasteiger partial charge in [-0.15, -0.1) is 0 Å². The summed E-state index contributed by atoms with van der Waals surface area (Å²) in [4.78, 5) is 12.2. The summed E-state index contributed by atoms with van der Waals surface area (Å²) in [5.41, 5.74) is 4.46. The van der Waals surface area contributed by atoms with Gasteiger partial charge in [-0.05, 0) is 42.8 Å². The third-order valence-corrected chi connectivity index (χ3v) is 3.76. The van der Waals surface area contributed by atoms with Crippen molar-refractivity contribution >= 4 is 39.1 Å². The molecule has 1 amide bonds. The molecule has 0 bridgehead atoms. The maximum Gasteiger partial charge on any atom is 0.275 e. The first-order chi connectivity index (χ1) is 10.5. The van der Waals surface area contributed by atoms with Crippen molar-refractivity contribution in [3.8, 4) is 5.75 Å². The molecule has 0 saturated heterocycles. The molecule has 0 aliphatic rings. The van der Waals surface area contributed by atoms with Crippen LogP contribution in [0.4, 0.5) is 0 Å². The third kappa shape index (κ3) is 4.08. The number of benzene rings is 2. The third-order valence-electron chi connectivity index (χ3n) is 2.99. The molecule has 4 nitrogen and oxygen atoms in total. The van der Waals surface area contributed by atoms with Crippen molar-refractivity contribution < 1.29 is 9.53 Å². The lowest BCUT2D eigenvalue weighted by Crippen LogP contribution is -2.20. The Morgan fingerprint density at radius 1 is 1.23 bits per heavy atom.